The zero-order valence-electron chi connectivity index (χ0n) is 11.1. The van der Waals surface area contributed by atoms with Crippen LogP contribution in [-0.4, -0.2) is 6.29 Å². The van der Waals surface area contributed by atoms with Crippen LogP contribution in [0.15, 0.2) is 28.7 Å². The maximum Gasteiger partial charge on any atom is 0.150 e. The minimum Gasteiger partial charge on any atom is -0.298 e. The molecule has 0 spiro atoms. The smallest absolute Gasteiger partial charge is 0.150 e. The molecule has 0 saturated heterocycles. The van der Waals surface area contributed by atoms with Crippen LogP contribution in [0.25, 0.3) is 0 Å². The molecule has 2 aromatic rings. The lowest BCUT2D eigenvalue weighted by atomic mass is 9.95. The quantitative estimate of drug-likeness (QED) is 0.625. The summed E-state index contributed by atoms with van der Waals surface area (Å²) in [7, 11) is 0. The molecule has 0 aliphatic heterocycles. The van der Waals surface area contributed by atoms with Gasteiger partial charge in [0.05, 0.1) is 0 Å². The number of aryl methyl sites for hydroxylation is 1. The third kappa shape index (κ3) is 3.25. The fraction of sp³-hybridized carbons (Fsp3) is 0.188. The standard InChI is InChI=1S/C16H13BrCl2O/c1-9-3-13(18)6-12(15(9)8-20)4-11-5-14(19)7-16(17)10(11)2/h3,5-8H,4H2,1-2H3. The van der Waals surface area contributed by atoms with E-state index < -0.39 is 0 Å². The Balaban J connectivity index is 2.52. The average Bonchev–Trinajstić information content (AvgIpc) is 2.35. The monoisotopic (exact) mass is 370 g/mol. The fourth-order valence-electron chi connectivity index (χ4n) is 2.23. The molecule has 2 rings (SSSR count). The zero-order valence-corrected chi connectivity index (χ0v) is 14.2. The van der Waals surface area contributed by atoms with E-state index in [1.54, 1.807) is 6.07 Å². The number of carbonyl (C=O) groups is 1. The van der Waals surface area contributed by atoms with E-state index in [0.717, 1.165) is 33.0 Å². The number of rotatable bonds is 3. The highest BCUT2D eigenvalue weighted by atomic mass is 79.9. The Hall–Kier alpha value is -0.830. The molecule has 0 fully saturated rings. The summed E-state index contributed by atoms with van der Waals surface area (Å²) in [6.45, 7) is 3.91. The van der Waals surface area contributed by atoms with Gasteiger partial charge in [0, 0.05) is 20.1 Å². The number of aldehydes is 1. The van der Waals surface area contributed by atoms with E-state index >= 15 is 0 Å². The van der Waals surface area contributed by atoms with Crippen LogP contribution in [0.1, 0.15) is 32.6 Å². The molecule has 2 aromatic carbocycles. The lowest BCUT2D eigenvalue weighted by Gasteiger charge is -2.12. The molecule has 0 N–H and O–H groups in total. The molecule has 4 heteroatoms. The molecule has 0 atom stereocenters. The number of carbonyl (C=O) groups excluding carboxylic acids is 1. The molecular formula is C16H13BrCl2O. The Morgan fingerprint density at radius 3 is 2.30 bits per heavy atom. The Kier molecular flexibility index (Phi) is 4.90. The second-order valence-corrected chi connectivity index (χ2v) is 6.49. The second-order valence-electron chi connectivity index (χ2n) is 4.76. The van der Waals surface area contributed by atoms with E-state index in [1.807, 2.05) is 32.0 Å². The van der Waals surface area contributed by atoms with Gasteiger partial charge in [-0.3, -0.25) is 4.79 Å². The summed E-state index contributed by atoms with van der Waals surface area (Å²) in [5.41, 5.74) is 4.70. The van der Waals surface area contributed by atoms with Gasteiger partial charge < -0.3 is 0 Å². The largest absolute Gasteiger partial charge is 0.298 e. The maximum atomic E-state index is 11.3. The van der Waals surface area contributed by atoms with Crippen molar-refractivity contribution in [3.05, 3.63) is 66.6 Å². The summed E-state index contributed by atoms with van der Waals surface area (Å²) >= 11 is 15.7. The van der Waals surface area contributed by atoms with Crippen molar-refractivity contribution in [3.8, 4) is 0 Å². The van der Waals surface area contributed by atoms with Gasteiger partial charge in [-0.15, -0.1) is 0 Å². The number of hydrogen-bond acceptors (Lipinski definition) is 1. The van der Waals surface area contributed by atoms with Crippen LogP contribution in [0.2, 0.25) is 10.0 Å². The van der Waals surface area contributed by atoms with Crippen molar-refractivity contribution in [3.63, 3.8) is 0 Å². The average molecular weight is 372 g/mol. The highest BCUT2D eigenvalue weighted by molar-refractivity contribution is 9.10. The van der Waals surface area contributed by atoms with Crippen LogP contribution >= 0.6 is 39.1 Å². The van der Waals surface area contributed by atoms with Crippen LogP contribution in [-0.2, 0) is 6.42 Å². The van der Waals surface area contributed by atoms with E-state index in [1.165, 1.54) is 0 Å². The Morgan fingerprint density at radius 2 is 1.65 bits per heavy atom. The first kappa shape index (κ1) is 15.6. The molecule has 0 heterocycles. The second kappa shape index (κ2) is 6.30. The SMILES string of the molecule is Cc1cc(Cl)cc(Cc2cc(Cl)cc(Br)c2C)c1C=O. The molecular weight excluding hydrogens is 359 g/mol. The van der Waals surface area contributed by atoms with Crippen molar-refractivity contribution in [1.82, 2.24) is 0 Å². The minimum atomic E-state index is 0.625. The zero-order chi connectivity index (χ0) is 14.9. The highest BCUT2D eigenvalue weighted by Crippen LogP contribution is 2.29. The van der Waals surface area contributed by atoms with Gasteiger partial charge in [-0.2, -0.15) is 0 Å². The molecule has 0 aliphatic carbocycles. The molecule has 0 bridgehead atoms. The van der Waals surface area contributed by atoms with Crippen LogP contribution < -0.4 is 0 Å². The normalized spacial score (nSPS) is 10.7. The molecule has 0 unspecified atom stereocenters. The molecule has 104 valence electrons. The van der Waals surface area contributed by atoms with Gasteiger partial charge in [0.25, 0.3) is 0 Å². The van der Waals surface area contributed by atoms with Gasteiger partial charge in [0.2, 0.25) is 0 Å². The number of halogens is 3. The molecule has 1 nitrogen and oxygen atoms in total. The predicted molar refractivity (Wildman–Crippen MR) is 88.3 cm³/mol. The van der Waals surface area contributed by atoms with Crippen molar-refractivity contribution < 1.29 is 4.79 Å². The summed E-state index contributed by atoms with van der Waals surface area (Å²) in [5, 5.41) is 1.31. The first-order chi connectivity index (χ1) is 9.42. The van der Waals surface area contributed by atoms with Crippen molar-refractivity contribution in [2.45, 2.75) is 20.3 Å². The van der Waals surface area contributed by atoms with Crippen molar-refractivity contribution >= 4 is 45.4 Å². The summed E-state index contributed by atoms with van der Waals surface area (Å²) in [6, 6.07) is 7.43. The molecule has 0 saturated carbocycles. The molecule has 0 aromatic heterocycles. The first-order valence-electron chi connectivity index (χ1n) is 6.11. The van der Waals surface area contributed by atoms with Gasteiger partial charge in [-0.1, -0.05) is 39.1 Å². The first-order valence-corrected chi connectivity index (χ1v) is 7.66. The van der Waals surface area contributed by atoms with Gasteiger partial charge >= 0.3 is 0 Å². The van der Waals surface area contributed by atoms with Gasteiger partial charge in [0.15, 0.2) is 6.29 Å². The Labute approximate surface area is 137 Å². The summed E-state index contributed by atoms with van der Waals surface area (Å²) < 4.78 is 0.964. The summed E-state index contributed by atoms with van der Waals surface area (Å²) in [5.74, 6) is 0. The predicted octanol–water partition coefficient (Wildman–Crippen LogP) is 5.78. The van der Waals surface area contributed by atoms with Gasteiger partial charge in [-0.05, 0) is 66.8 Å². The molecule has 0 amide bonds. The lowest BCUT2D eigenvalue weighted by molar-refractivity contribution is 0.112. The number of hydrogen-bond donors (Lipinski definition) is 0. The van der Waals surface area contributed by atoms with Crippen LogP contribution in [0, 0.1) is 13.8 Å². The van der Waals surface area contributed by atoms with Crippen LogP contribution in [0.5, 0.6) is 0 Å². The van der Waals surface area contributed by atoms with Crippen LogP contribution in [0.3, 0.4) is 0 Å². The van der Waals surface area contributed by atoms with Crippen molar-refractivity contribution in [2.24, 2.45) is 0 Å². The van der Waals surface area contributed by atoms with Crippen molar-refractivity contribution in [2.75, 3.05) is 0 Å². The minimum absolute atomic E-state index is 0.625. The summed E-state index contributed by atoms with van der Waals surface area (Å²) in [4.78, 5) is 11.3. The van der Waals surface area contributed by atoms with Crippen LogP contribution in [0.4, 0.5) is 0 Å². The number of benzene rings is 2. The Bertz CT molecular complexity index is 681. The van der Waals surface area contributed by atoms with E-state index in [4.69, 9.17) is 23.2 Å². The summed E-state index contributed by atoms with van der Waals surface area (Å²) in [6.07, 6.45) is 1.51. The van der Waals surface area contributed by atoms with E-state index in [2.05, 4.69) is 15.9 Å². The molecule has 0 radical (unpaired) electrons. The van der Waals surface area contributed by atoms with E-state index in [-0.39, 0.29) is 0 Å². The maximum absolute atomic E-state index is 11.3. The highest BCUT2D eigenvalue weighted by Gasteiger charge is 2.11. The van der Waals surface area contributed by atoms with E-state index in [9.17, 15) is 4.79 Å². The van der Waals surface area contributed by atoms with Gasteiger partial charge in [-0.25, -0.2) is 0 Å². The fourth-order valence-corrected chi connectivity index (χ4v) is 3.40. The third-order valence-corrected chi connectivity index (χ3v) is 4.61. The van der Waals surface area contributed by atoms with E-state index in [0.29, 0.717) is 22.0 Å². The van der Waals surface area contributed by atoms with Gasteiger partial charge in [0.1, 0.15) is 0 Å². The molecule has 20 heavy (non-hydrogen) atoms. The third-order valence-electron chi connectivity index (χ3n) is 3.35. The molecule has 0 aliphatic rings. The topological polar surface area (TPSA) is 17.1 Å². The Morgan fingerprint density at radius 1 is 1.05 bits per heavy atom. The lowest BCUT2D eigenvalue weighted by Crippen LogP contribution is -2.00. The van der Waals surface area contributed by atoms with Crippen molar-refractivity contribution in [1.29, 1.82) is 0 Å².